The average molecular weight is 371 g/mol. The van der Waals surface area contributed by atoms with E-state index in [0.29, 0.717) is 11.3 Å². The summed E-state index contributed by atoms with van der Waals surface area (Å²) >= 11 is 3.43. The van der Waals surface area contributed by atoms with Gasteiger partial charge in [-0.15, -0.1) is 0 Å². The maximum absolute atomic E-state index is 11.2. The fourth-order valence-electron chi connectivity index (χ4n) is 1.91. The molecule has 1 aromatic carbocycles. The summed E-state index contributed by atoms with van der Waals surface area (Å²) in [5.41, 5.74) is 2.88. The van der Waals surface area contributed by atoms with Crippen LogP contribution in [0.3, 0.4) is 0 Å². The number of carbonyl (C=O) groups is 1. The van der Waals surface area contributed by atoms with Gasteiger partial charge in [-0.05, 0) is 24.6 Å². The van der Waals surface area contributed by atoms with Crippen LogP contribution < -0.4 is 0 Å². The number of rotatable bonds is 5. The lowest BCUT2D eigenvalue weighted by Crippen LogP contribution is -2.11. The zero-order valence-corrected chi connectivity index (χ0v) is 14.1. The summed E-state index contributed by atoms with van der Waals surface area (Å²) in [6.45, 7) is 2.18. The molecule has 0 aliphatic carbocycles. The first-order valence-corrected chi connectivity index (χ1v) is 9.12. The van der Waals surface area contributed by atoms with Gasteiger partial charge in [0.25, 0.3) is 0 Å². The lowest BCUT2D eigenvalue weighted by molar-refractivity contribution is 0.112. The van der Waals surface area contributed by atoms with Gasteiger partial charge in [-0.3, -0.25) is 9.48 Å². The molecular formula is C14H15BrN2O3S. The van der Waals surface area contributed by atoms with E-state index in [4.69, 9.17) is 0 Å². The number of aromatic nitrogens is 2. The fourth-order valence-corrected chi connectivity index (χ4v) is 2.68. The summed E-state index contributed by atoms with van der Waals surface area (Å²) in [6.07, 6.45) is 3.48. The quantitative estimate of drug-likeness (QED) is 0.758. The molecule has 0 saturated heterocycles. The molecule has 0 unspecified atom stereocenters. The van der Waals surface area contributed by atoms with E-state index in [1.165, 1.54) is 10.9 Å². The van der Waals surface area contributed by atoms with Crippen molar-refractivity contribution < 1.29 is 13.2 Å². The second kappa shape index (κ2) is 6.11. The minimum absolute atomic E-state index is 0.00815. The molecule has 1 aromatic heterocycles. The van der Waals surface area contributed by atoms with Gasteiger partial charge >= 0.3 is 0 Å². The van der Waals surface area contributed by atoms with E-state index >= 15 is 0 Å². The third kappa shape index (κ3) is 4.01. The van der Waals surface area contributed by atoms with Gasteiger partial charge in [-0.2, -0.15) is 5.10 Å². The van der Waals surface area contributed by atoms with Crippen LogP contribution in [0, 0.1) is 6.92 Å². The van der Waals surface area contributed by atoms with E-state index in [0.717, 1.165) is 21.9 Å². The molecule has 1 heterocycles. The van der Waals surface area contributed by atoms with Crippen molar-refractivity contribution in [2.45, 2.75) is 13.5 Å². The predicted octanol–water partition coefficient (Wildman–Crippen LogP) is 2.48. The number of hydrogen-bond donors (Lipinski definition) is 0. The molecule has 2 aromatic rings. The predicted molar refractivity (Wildman–Crippen MR) is 85.2 cm³/mol. The van der Waals surface area contributed by atoms with Gasteiger partial charge in [0, 0.05) is 22.5 Å². The van der Waals surface area contributed by atoms with Crippen LogP contribution in [-0.2, 0) is 16.4 Å². The van der Waals surface area contributed by atoms with Crippen LogP contribution in [0.25, 0.3) is 11.3 Å². The molecule has 2 rings (SSSR count). The highest BCUT2D eigenvalue weighted by atomic mass is 79.9. The van der Waals surface area contributed by atoms with Crippen LogP contribution in [0.15, 0.2) is 28.9 Å². The van der Waals surface area contributed by atoms with E-state index in [9.17, 15) is 13.2 Å². The summed E-state index contributed by atoms with van der Waals surface area (Å²) in [7, 11) is -3.06. The third-order valence-electron chi connectivity index (χ3n) is 3.04. The Labute approximate surface area is 132 Å². The van der Waals surface area contributed by atoms with Crippen molar-refractivity contribution in [1.29, 1.82) is 0 Å². The summed E-state index contributed by atoms with van der Waals surface area (Å²) in [5.74, 6) is -0.00815. The molecule has 0 saturated carbocycles. The first-order valence-electron chi connectivity index (χ1n) is 6.27. The van der Waals surface area contributed by atoms with Crippen molar-refractivity contribution in [3.63, 3.8) is 0 Å². The minimum atomic E-state index is -3.06. The van der Waals surface area contributed by atoms with Gasteiger partial charge in [0.2, 0.25) is 0 Å². The Kier molecular flexibility index (Phi) is 4.63. The minimum Gasteiger partial charge on any atom is -0.298 e. The number of sulfone groups is 1. The molecule has 0 N–H and O–H groups in total. The second-order valence-electron chi connectivity index (χ2n) is 4.91. The molecule has 0 bridgehead atoms. The first kappa shape index (κ1) is 15.9. The maximum atomic E-state index is 11.2. The van der Waals surface area contributed by atoms with Gasteiger partial charge in [0.15, 0.2) is 6.29 Å². The number of halogens is 1. The zero-order valence-electron chi connectivity index (χ0n) is 11.7. The zero-order chi connectivity index (χ0) is 15.6. The van der Waals surface area contributed by atoms with Gasteiger partial charge in [-0.25, -0.2) is 8.42 Å². The highest BCUT2D eigenvalue weighted by Crippen LogP contribution is 2.26. The fraction of sp³-hybridized carbons (Fsp3) is 0.286. The Morgan fingerprint density at radius 2 is 2.10 bits per heavy atom. The number of hydrogen-bond acceptors (Lipinski definition) is 4. The number of aldehydes is 1. The first-order chi connectivity index (χ1) is 9.80. The SMILES string of the molecule is Cc1cc(-c2nn(CCS(C)(=O)=O)cc2C=O)ccc1Br. The average Bonchev–Trinajstić information content (AvgIpc) is 2.82. The molecule has 0 aliphatic heterocycles. The van der Waals surface area contributed by atoms with E-state index in [1.807, 2.05) is 25.1 Å². The Bertz CT molecular complexity index is 782. The van der Waals surface area contributed by atoms with Gasteiger partial charge in [0.1, 0.15) is 15.5 Å². The largest absolute Gasteiger partial charge is 0.298 e. The molecule has 0 radical (unpaired) electrons. The molecule has 0 amide bonds. The number of carbonyl (C=O) groups excluding carboxylic acids is 1. The summed E-state index contributed by atoms with van der Waals surface area (Å²) in [5, 5.41) is 4.33. The van der Waals surface area contributed by atoms with E-state index in [2.05, 4.69) is 21.0 Å². The highest BCUT2D eigenvalue weighted by molar-refractivity contribution is 9.10. The van der Waals surface area contributed by atoms with Gasteiger partial charge < -0.3 is 0 Å². The van der Waals surface area contributed by atoms with Crippen LogP contribution in [0.4, 0.5) is 0 Å². The monoisotopic (exact) mass is 370 g/mol. The van der Waals surface area contributed by atoms with Gasteiger partial charge in [-0.1, -0.05) is 22.0 Å². The third-order valence-corrected chi connectivity index (χ3v) is 4.85. The summed E-state index contributed by atoms with van der Waals surface area (Å²) in [6, 6.07) is 5.70. The normalized spacial score (nSPS) is 11.6. The molecule has 7 heteroatoms. The highest BCUT2D eigenvalue weighted by Gasteiger charge is 2.12. The topological polar surface area (TPSA) is 69.0 Å². The second-order valence-corrected chi connectivity index (χ2v) is 8.02. The summed E-state index contributed by atoms with van der Waals surface area (Å²) in [4.78, 5) is 11.2. The number of aryl methyl sites for hydroxylation is 2. The van der Waals surface area contributed by atoms with Crippen molar-refractivity contribution in [2.75, 3.05) is 12.0 Å². The van der Waals surface area contributed by atoms with E-state index < -0.39 is 9.84 Å². The van der Waals surface area contributed by atoms with Crippen molar-refractivity contribution in [1.82, 2.24) is 9.78 Å². The van der Waals surface area contributed by atoms with Crippen LogP contribution >= 0.6 is 15.9 Å². The molecule has 0 spiro atoms. The lowest BCUT2D eigenvalue weighted by atomic mass is 10.1. The Morgan fingerprint density at radius 3 is 2.67 bits per heavy atom. The molecule has 0 fully saturated rings. The van der Waals surface area contributed by atoms with E-state index in [1.54, 1.807) is 6.20 Å². The molecule has 21 heavy (non-hydrogen) atoms. The molecular weight excluding hydrogens is 356 g/mol. The molecule has 0 atom stereocenters. The van der Waals surface area contributed by atoms with E-state index in [-0.39, 0.29) is 12.3 Å². The molecule has 112 valence electrons. The number of benzene rings is 1. The molecule has 5 nitrogen and oxygen atoms in total. The smallest absolute Gasteiger partial charge is 0.153 e. The van der Waals surface area contributed by atoms with Crippen LogP contribution in [0.5, 0.6) is 0 Å². The lowest BCUT2D eigenvalue weighted by Gasteiger charge is -2.03. The standard InChI is InChI=1S/C14H15BrN2O3S/c1-10-7-11(3-4-13(10)15)14-12(9-18)8-17(16-14)5-6-21(2,19)20/h3-4,7-9H,5-6H2,1-2H3. The van der Waals surface area contributed by atoms with Crippen LogP contribution in [0.2, 0.25) is 0 Å². The Morgan fingerprint density at radius 1 is 1.38 bits per heavy atom. The van der Waals surface area contributed by atoms with Crippen LogP contribution in [0.1, 0.15) is 15.9 Å². The summed E-state index contributed by atoms with van der Waals surface area (Å²) < 4.78 is 24.9. The molecule has 0 aliphatic rings. The Hall–Kier alpha value is -1.47. The van der Waals surface area contributed by atoms with Crippen LogP contribution in [-0.4, -0.2) is 36.5 Å². The number of nitrogens with zero attached hydrogens (tertiary/aromatic N) is 2. The maximum Gasteiger partial charge on any atom is 0.153 e. The van der Waals surface area contributed by atoms with Gasteiger partial charge in [0.05, 0.1) is 17.9 Å². The van der Waals surface area contributed by atoms with Crippen molar-refractivity contribution in [3.05, 3.63) is 40.0 Å². The van der Waals surface area contributed by atoms with Crippen molar-refractivity contribution >= 4 is 32.1 Å². The Balaban J connectivity index is 2.37. The van der Waals surface area contributed by atoms with Crippen molar-refractivity contribution in [2.24, 2.45) is 0 Å². The van der Waals surface area contributed by atoms with Crippen molar-refractivity contribution in [3.8, 4) is 11.3 Å².